The number of halogens is 1. The van der Waals surface area contributed by atoms with Crippen LogP contribution in [0.4, 0.5) is 0 Å². The average molecular weight is 292 g/mol. The second kappa shape index (κ2) is 4.93. The summed E-state index contributed by atoms with van der Waals surface area (Å²) in [6, 6.07) is 6.12. The third-order valence-electron chi connectivity index (χ3n) is 3.12. The Labute approximate surface area is 110 Å². The summed E-state index contributed by atoms with van der Waals surface area (Å²) in [4.78, 5) is 13.6. The van der Waals surface area contributed by atoms with Crippen LogP contribution < -0.4 is 0 Å². The van der Waals surface area contributed by atoms with Gasteiger partial charge in [-0.1, -0.05) is 22.0 Å². The molecule has 1 aromatic rings. The van der Waals surface area contributed by atoms with Gasteiger partial charge in [0, 0.05) is 29.9 Å². The molecule has 0 saturated carbocycles. The maximum atomic E-state index is 11.7. The van der Waals surface area contributed by atoms with Crippen molar-refractivity contribution in [3.8, 4) is 12.3 Å². The number of terminal acetylenes is 1. The summed E-state index contributed by atoms with van der Waals surface area (Å²) in [5, 5.41) is 0. The molecule has 2 nitrogen and oxygen atoms in total. The zero-order valence-corrected chi connectivity index (χ0v) is 11.3. The van der Waals surface area contributed by atoms with Crippen molar-refractivity contribution in [3.05, 3.63) is 33.8 Å². The van der Waals surface area contributed by atoms with Crippen molar-refractivity contribution in [1.82, 2.24) is 4.90 Å². The van der Waals surface area contributed by atoms with E-state index in [1.165, 1.54) is 11.1 Å². The fraction of sp³-hybridized carbons (Fsp3) is 0.357. The third-order valence-corrected chi connectivity index (χ3v) is 3.61. The summed E-state index contributed by atoms with van der Waals surface area (Å²) in [6.07, 6.45) is 5.86. The monoisotopic (exact) mass is 291 g/mol. The predicted molar refractivity (Wildman–Crippen MR) is 71.2 cm³/mol. The number of hydrogen-bond donors (Lipinski definition) is 0. The van der Waals surface area contributed by atoms with E-state index in [9.17, 15) is 4.79 Å². The van der Waals surface area contributed by atoms with Crippen LogP contribution in [0.25, 0.3) is 0 Å². The largest absolute Gasteiger partial charge is 0.337 e. The highest BCUT2D eigenvalue weighted by Gasteiger charge is 2.28. The number of likely N-dealkylation sites (tertiary alicyclic amines) is 1. The molecule has 3 heteroatoms. The molecule has 1 aliphatic rings. The zero-order valence-electron chi connectivity index (χ0n) is 9.74. The molecule has 0 N–H and O–H groups in total. The molecule has 0 bridgehead atoms. The number of hydrogen-bond acceptors (Lipinski definition) is 1. The number of carbonyl (C=O) groups is 1. The van der Waals surface area contributed by atoms with Crippen molar-refractivity contribution in [2.75, 3.05) is 6.54 Å². The van der Waals surface area contributed by atoms with Gasteiger partial charge in [0.15, 0.2) is 0 Å². The normalized spacial score (nSPS) is 19.5. The van der Waals surface area contributed by atoms with Crippen molar-refractivity contribution >= 4 is 21.8 Å². The van der Waals surface area contributed by atoms with Gasteiger partial charge >= 0.3 is 0 Å². The van der Waals surface area contributed by atoms with E-state index < -0.39 is 0 Å². The summed E-state index contributed by atoms with van der Waals surface area (Å²) in [5.41, 5.74) is 2.37. The van der Waals surface area contributed by atoms with E-state index in [4.69, 9.17) is 6.42 Å². The van der Waals surface area contributed by atoms with Gasteiger partial charge in [-0.25, -0.2) is 0 Å². The van der Waals surface area contributed by atoms with E-state index in [0.717, 1.165) is 4.47 Å². The first-order valence-electron chi connectivity index (χ1n) is 5.59. The number of carbonyl (C=O) groups excluding carboxylic acids is 1. The molecular formula is C14H14BrNO. The van der Waals surface area contributed by atoms with Crippen molar-refractivity contribution in [2.45, 2.75) is 19.9 Å². The Balaban J connectivity index is 2.12. The first-order chi connectivity index (χ1) is 8.10. The fourth-order valence-corrected chi connectivity index (χ4v) is 2.55. The molecule has 0 spiro atoms. The molecule has 2 rings (SSSR count). The van der Waals surface area contributed by atoms with Crippen LogP contribution in [0.15, 0.2) is 22.7 Å². The molecule has 1 amide bonds. The molecule has 1 saturated heterocycles. The SMILES string of the molecule is C#CC1CC(=O)N(Cc2ccc(Br)cc2C)C1. The van der Waals surface area contributed by atoms with E-state index in [-0.39, 0.29) is 11.8 Å². The van der Waals surface area contributed by atoms with Crippen LogP contribution in [0.3, 0.4) is 0 Å². The Morgan fingerprint density at radius 2 is 2.35 bits per heavy atom. The minimum atomic E-state index is 0.0817. The van der Waals surface area contributed by atoms with Crippen molar-refractivity contribution < 1.29 is 4.79 Å². The van der Waals surface area contributed by atoms with Gasteiger partial charge in [0.25, 0.3) is 0 Å². The number of benzene rings is 1. The summed E-state index contributed by atoms with van der Waals surface area (Å²) in [6.45, 7) is 3.40. The summed E-state index contributed by atoms with van der Waals surface area (Å²) in [7, 11) is 0. The third kappa shape index (κ3) is 2.70. The van der Waals surface area contributed by atoms with Gasteiger partial charge in [-0.3, -0.25) is 4.79 Å². The van der Waals surface area contributed by atoms with Gasteiger partial charge in [-0.2, -0.15) is 0 Å². The smallest absolute Gasteiger partial charge is 0.224 e. The van der Waals surface area contributed by atoms with Gasteiger partial charge in [0.05, 0.1) is 0 Å². The van der Waals surface area contributed by atoms with Gasteiger partial charge < -0.3 is 4.90 Å². The van der Waals surface area contributed by atoms with E-state index in [0.29, 0.717) is 19.5 Å². The minimum absolute atomic E-state index is 0.0817. The van der Waals surface area contributed by atoms with Crippen molar-refractivity contribution in [3.63, 3.8) is 0 Å². The van der Waals surface area contributed by atoms with Gasteiger partial charge in [-0.05, 0) is 30.2 Å². The lowest BCUT2D eigenvalue weighted by Gasteiger charge is -2.17. The molecule has 0 radical (unpaired) electrons. The van der Waals surface area contributed by atoms with Crippen LogP contribution in [0.2, 0.25) is 0 Å². The highest BCUT2D eigenvalue weighted by molar-refractivity contribution is 9.10. The maximum Gasteiger partial charge on any atom is 0.224 e. The molecule has 0 aliphatic carbocycles. The molecule has 1 aliphatic heterocycles. The Bertz CT molecular complexity index is 489. The van der Waals surface area contributed by atoms with Crippen molar-refractivity contribution in [2.24, 2.45) is 5.92 Å². The molecule has 17 heavy (non-hydrogen) atoms. The molecule has 0 aromatic heterocycles. The number of amides is 1. The van der Waals surface area contributed by atoms with E-state index in [1.54, 1.807) is 0 Å². The van der Waals surface area contributed by atoms with Crippen LogP contribution in [-0.4, -0.2) is 17.4 Å². The summed E-state index contributed by atoms with van der Waals surface area (Å²) in [5.74, 6) is 2.91. The second-order valence-electron chi connectivity index (χ2n) is 4.41. The Hall–Kier alpha value is -1.27. The minimum Gasteiger partial charge on any atom is -0.337 e. The Morgan fingerprint density at radius 1 is 1.59 bits per heavy atom. The Kier molecular flexibility index (Phi) is 3.54. The molecule has 1 atom stereocenters. The zero-order chi connectivity index (χ0) is 12.4. The highest BCUT2D eigenvalue weighted by atomic mass is 79.9. The summed E-state index contributed by atoms with van der Waals surface area (Å²) < 4.78 is 1.06. The molecule has 88 valence electrons. The van der Waals surface area contributed by atoms with Gasteiger partial charge in [0.2, 0.25) is 5.91 Å². The standard InChI is InChI=1S/C14H14BrNO/c1-3-11-7-14(17)16(8-11)9-12-4-5-13(15)6-10(12)2/h1,4-6,11H,7-9H2,2H3. The Morgan fingerprint density at radius 3 is 2.94 bits per heavy atom. The number of aryl methyl sites for hydroxylation is 1. The lowest BCUT2D eigenvalue weighted by Crippen LogP contribution is -2.24. The van der Waals surface area contributed by atoms with Crippen LogP contribution >= 0.6 is 15.9 Å². The topological polar surface area (TPSA) is 20.3 Å². The van der Waals surface area contributed by atoms with Gasteiger partial charge in [0.1, 0.15) is 0 Å². The second-order valence-corrected chi connectivity index (χ2v) is 5.33. The number of nitrogens with zero attached hydrogens (tertiary/aromatic N) is 1. The number of rotatable bonds is 2. The molecule has 1 heterocycles. The lowest BCUT2D eigenvalue weighted by molar-refractivity contribution is -0.128. The average Bonchev–Trinajstić information content (AvgIpc) is 2.64. The van der Waals surface area contributed by atoms with E-state index in [2.05, 4.69) is 40.9 Å². The predicted octanol–water partition coefficient (Wildman–Crippen LogP) is 2.74. The van der Waals surface area contributed by atoms with E-state index in [1.807, 2.05) is 11.0 Å². The maximum absolute atomic E-state index is 11.7. The highest BCUT2D eigenvalue weighted by Crippen LogP contribution is 2.22. The van der Waals surface area contributed by atoms with E-state index >= 15 is 0 Å². The van der Waals surface area contributed by atoms with Crippen LogP contribution in [-0.2, 0) is 11.3 Å². The van der Waals surface area contributed by atoms with Gasteiger partial charge in [-0.15, -0.1) is 12.3 Å². The molecule has 1 aromatic carbocycles. The first-order valence-corrected chi connectivity index (χ1v) is 6.38. The van der Waals surface area contributed by atoms with Crippen LogP contribution in [0.1, 0.15) is 17.5 Å². The van der Waals surface area contributed by atoms with Crippen LogP contribution in [0, 0.1) is 25.2 Å². The first kappa shape index (κ1) is 12.2. The molecule has 1 fully saturated rings. The lowest BCUT2D eigenvalue weighted by atomic mass is 10.1. The summed E-state index contributed by atoms with van der Waals surface area (Å²) >= 11 is 3.43. The quantitative estimate of drug-likeness (QED) is 0.768. The molecular weight excluding hydrogens is 278 g/mol. The molecule has 1 unspecified atom stereocenters. The fourth-order valence-electron chi connectivity index (χ4n) is 2.08. The van der Waals surface area contributed by atoms with Crippen molar-refractivity contribution in [1.29, 1.82) is 0 Å². The van der Waals surface area contributed by atoms with Crippen LogP contribution in [0.5, 0.6) is 0 Å².